The van der Waals surface area contributed by atoms with Gasteiger partial charge in [0.2, 0.25) is 0 Å². The quantitative estimate of drug-likeness (QED) is 0.482. The summed E-state index contributed by atoms with van der Waals surface area (Å²) in [5.41, 5.74) is 1.82. The number of carboxylic acid groups (broad SMARTS) is 2. The van der Waals surface area contributed by atoms with Crippen molar-refractivity contribution in [1.29, 1.82) is 0 Å². The van der Waals surface area contributed by atoms with E-state index in [0.717, 1.165) is 16.9 Å². The molecule has 0 aromatic heterocycles. The van der Waals surface area contributed by atoms with Crippen LogP contribution in [0.5, 0.6) is 11.5 Å². The van der Waals surface area contributed by atoms with Crippen LogP contribution in [-0.2, 0) is 27.2 Å². The first kappa shape index (κ1) is 23.2. The van der Waals surface area contributed by atoms with E-state index in [1.54, 1.807) is 6.92 Å². The molecule has 0 fully saturated rings. The number of hydrogen-bond donors (Lipinski definition) is 2. The van der Waals surface area contributed by atoms with Crippen LogP contribution in [-0.4, -0.2) is 48.6 Å². The SMILES string of the molecule is CO[C@@H](Cc1ccc(OCCCOc2ccc(C[C@H](C)C(=O)O)cc2)cc1)C(=O)O. The Labute approximate surface area is 176 Å². The van der Waals surface area contributed by atoms with Gasteiger partial charge in [-0.2, -0.15) is 0 Å². The smallest absolute Gasteiger partial charge is 0.333 e. The van der Waals surface area contributed by atoms with Crippen molar-refractivity contribution in [2.75, 3.05) is 20.3 Å². The van der Waals surface area contributed by atoms with Crippen LogP contribution in [0.3, 0.4) is 0 Å². The minimum Gasteiger partial charge on any atom is -0.493 e. The van der Waals surface area contributed by atoms with Gasteiger partial charge >= 0.3 is 11.9 Å². The number of benzene rings is 2. The van der Waals surface area contributed by atoms with E-state index < -0.39 is 24.0 Å². The highest BCUT2D eigenvalue weighted by Crippen LogP contribution is 2.17. The zero-order chi connectivity index (χ0) is 21.9. The summed E-state index contributed by atoms with van der Waals surface area (Å²) in [4.78, 5) is 21.9. The second-order valence-electron chi connectivity index (χ2n) is 7.05. The van der Waals surface area contributed by atoms with E-state index in [1.165, 1.54) is 7.11 Å². The van der Waals surface area contributed by atoms with E-state index in [4.69, 9.17) is 24.4 Å². The van der Waals surface area contributed by atoms with Gasteiger partial charge in [0, 0.05) is 20.0 Å². The van der Waals surface area contributed by atoms with Crippen LogP contribution in [0.4, 0.5) is 0 Å². The van der Waals surface area contributed by atoms with Gasteiger partial charge in [-0.05, 0) is 41.8 Å². The molecule has 2 aromatic rings. The molecular weight excluding hydrogens is 388 g/mol. The molecule has 0 heterocycles. The van der Waals surface area contributed by atoms with Gasteiger partial charge in [0.1, 0.15) is 11.5 Å². The van der Waals surface area contributed by atoms with Crippen molar-refractivity contribution in [1.82, 2.24) is 0 Å². The molecule has 0 bridgehead atoms. The largest absolute Gasteiger partial charge is 0.493 e. The number of rotatable bonds is 13. The monoisotopic (exact) mass is 416 g/mol. The Morgan fingerprint density at radius 2 is 1.27 bits per heavy atom. The molecule has 7 heteroatoms. The minimum absolute atomic E-state index is 0.300. The summed E-state index contributed by atoms with van der Waals surface area (Å²) in [6.07, 6.45) is 0.631. The van der Waals surface area contributed by atoms with Crippen molar-refractivity contribution in [2.45, 2.75) is 32.3 Å². The zero-order valence-electron chi connectivity index (χ0n) is 17.2. The Bertz CT molecular complexity index is 799. The molecule has 30 heavy (non-hydrogen) atoms. The third kappa shape index (κ3) is 7.75. The molecule has 0 unspecified atom stereocenters. The lowest BCUT2D eigenvalue weighted by atomic mass is 10.0. The summed E-state index contributed by atoms with van der Waals surface area (Å²) in [5.74, 6) is -0.759. The van der Waals surface area contributed by atoms with Crippen molar-refractivity contribution in [3.63, 3.8) is 0 Å². The Morgan fingerprint density at radius 3 is 1.67 bits per heavy atom. The highest BCUT2D eigenvalue weighted by Gasteiger charge is 2.16. The van der Waals surface area contributed by atoms with Crippen molar-refractivity contribution < 1.29 is 34.0 Å². The molecular formula is C23H28O7. The number of ether oxygens (including phenoxy) is 3. The number of hydrogen-bond acceptors (Lipinski definition) is 5. The first-order chi connectivity index (χ1) is 14.4. The first-order valence-corrected chi connectivity index (χ1v) is 9.81. The molecule has 2 atom stereocenters. The predicted molar refractivity (Wildman–Crippen MR) is 111 cm³/mol. The maximum Gasteiger partial charge on any atom is 0.333 e. The highest BCUT2D eigenvalue weighted by atomic mass is 16.5. The zero-order valence-corrected chi connectivity index (χ0v) is 17.2. The molecule has 7 nitrogen and oxygen atoms in total. The lowest BCUT2D eigenvalue weighted by Crippen LogP contribution is -2.24. The normalized spacial score (nSPS) is 12.7. The molecule has 2 rings (SSSR count). The minimum atomic E-state index is -0.984. The average Bonchev–Trinajstić information content (AvgIpc) is 2.73. The van der Waals surface area contributed by atoms with Crippen LogP contribution < -0.4 is 9.47 Å². The molecule has 162 valence electrons. The van der Waals surface area contributed by atoms with Gasteiger partial charge in [-0.1, -0.05) is 31.2 Å². The molecule has 0 spiro atoms. The highest BCUT2D eigenvalue weighted by molar-refractivity contribution is 5.72. The van der Waals surface area contributed by atoms with Crippen molar-refractivity contribution in [3.8, 4) is 11.5 Å². The van der Waals surface area contributed by atoms with E-state index in [2.05, 4.69) is 0 Å². The molecule has 0 saturated heterocycles. The van der Waals surface area contributed by atoms with Crippen LogP contribution in [0.1, 0.15) is 24.5 Å². The van der Waals surface area contributed by atoms with E-state index in [-0.39, 0.29) is 0 Å². The second-order valence-corrected chi connectivity index (χ2v) is 7.05. The van der Waals surface area contributed by atoms with Gasteiger partial charge < -0.3 is 24.4 Å². The predicted octanol–water partition coefficient (Wildman–Crippen LogP) is 3.44. The standard InChI is InChI=1S/C23H28O7/c1-16(22(24)25)14-17-4-8-19(9-5-17)29-12-3-13-30-20-10-6-18(7-11-20)15-21(28-2)23(26)27/h4-11,16,21H,3,12-15H2,1-2H3,(H,24,25)(H,26,27)/t16-,21-/m0/s1. The van der Waals surface area contributed by atoms with Crippen molar-refractivity contribution in [3.05, 3.63) is 59.7 Å². The molecule has 0 saturated carbocycles. The Balaban J connectivity index is 1.68. The van der Waals surface area contributed by atoms with Crippen molar-refractivity contribution >= 4 is 11.9 Å². The molecule has 0 aliphatic carbocycles. The van der Waals surface area contributed by atoms with E-state index in [0.29, 0.717) is 38.2 Å². The van der Waals surface area contributed by atoms with Gasteiger partial charge in [0.05, 0.1) is 19.1 Å². The van der Waals surface area contributed by atoms with Gasteiger partial charge in [-0.15, -0.1) is 0 Å². The van der Waals surface area contributed by atoms with Crippen LogP contribution in [0.15, 0.2) is 48.5 Å². The summed E-state index contributed by atoms with van der Waals surface area (Å²) in [6, 6.07) is 14.7. The number of aliphatic carboxylic acids is 2. The summed E-state index contributed by atoms with van der Waals surface area (Å²) < 4.78 is 16.3. The van der Waals surface area contributed by atoms with Crippen molar-refractivity contribution in [2.24, 2.45) is 5.92 Å². The van der Waals surface area contributed by atoms with Crippen LogP contribution >= 0.6 is 0 Å². The second kappa shape index (κ2) is 11.8. The fraction of sp³-hybridized carbons (Fsp3) is 0.391. The summed E-state index contributed by atoms with van der Waals surface area (Å²) >= 11 is 0. The van der Waals surface area contributed by atoms with Gasteiger partial charge in [-0.3, -0.25) is 4.79 Å². The maximum absolute atomic E-state index is 11.0. The molecule has 2 aromatic carbocycles. The maximum atomic E-state index is 11.0. The summed E-state index contributed by atoms with van der Waals surface area (Å²) in [5, 5.41) is 18.0. The summed E-state index contributed by atoms with van der Waals surface area (Å²) in [6.45, 7) is 2.67. The van der Waals surface area contributed by atoms with E-state index in [1.807, 2.05) is 48.5 Å². The van der Waals surface area contributed by atoms with Crippen LogP contribution in [0, 0.1) is 5.92 Å². The van der Waals surface area contributed by atoms with Gasteiger partial charge in [-0.25, -0.2) is 4.79 Å². The number of carbonyl (C=O) groups is 2. The Hall–Kier alpha value is -3.06. The Morgan fingerprint density at radius 1 is 0.800 bits per heavy atom. The topological polar surface area (TPSA) is 102 Å². The molecule has 0 amide bonds. The molecule has 2 N–H and O–H groups in total. The fourth-order valence-electron chi connectivity index (χ4n) is 2.81. The molecule has 0 radical (unpaired) electrons. The van der Waals surface area contributed by atoms with Gasteiger partial charge in [0.15, 0.2) is 6.10 Å². The fourth-order valence-corrected chi connectivity index (χ4v) is 2.81. The van der Waals surface area contributed by atoms with Crippen LogP contribution in [0.2, 0.25) is 0 Å². The molecule has 0 aliphatic rings. The number of carboxylic acids is 2. The van der Waals surface area contributed by atoms with Crippen LogP contribution in [0.25, 0.3) is 0 Å². The lowest BCUT2D eigenvalue weighted by molar-refractivity contribution is -0.148. The van der Waals surface area contributed by atoms with Gasteiger partial charge in [0.25, 0.3) is 0 Å². The van der Waals surface area contributed by atoms with E-state index >= 15 is 0 Å². The molecule has 0 aliphatic heterocycles. The number of methoxy groups -OCH3 is 1. The third-order valence-electron chi connectivity index (χ3n) is 4.62. The Kier molecular flexibility index (Phi) is 9.15. The van der Waals surface area contributed by atoms with E-state index in [9.17, 15) is 9.59 Å². The lowest BCUT2D eigenvalue weighted by Gasteiger charge is -2.11. The summed E-state index contributed by atoms with van der Waals surface area (Å²) in [7, 11) is 1.38. The third-order valence-corrected chi connectivity index (χ3v) is 4.62. The average molecular weight is 416 g/mol. The first-order valence-electron chi connectivity index (χ1n) is 9.81.